The molecule has 0 atom stereocenters. The standard InChI is InChI=1S/C27H22N4O3S2/c1-15-13-30(14-28-15)20-7-5-18(12-21(20)34-4)24-16(2)23-25(32)31(27(33)29(3)26(23)36-24)19-6-8-22-17(11-19)9-10-35-22/h5-14H,1-4H3. The first kappa shape index (κ1) is 22.5. The number of rotatable bonds is 4. The fourth-order valence-electron chi connectivity index (χ4n) is 4.60. The monoisotopic (exact) mass is 514 g/mol. The molecular formula is C27H22N4O3S2. The van der Waals surface area contributed by atoms with Gasteiger partial charge in [-0.2, -0.15) is 0 Å². The molecule has 0 unspecified atom stereocenters. The topological polar surface area (TPSA) is 71.0 Å². The number of fused-ring (bicyclic) bond motifs is 2. The Morgan fingerprint density at radius 1 is 1.03 bits per heavy atom. The molecule has 6 rings (SSSR count). The van der Waals surface area contributed by atoms with Crippen molar-refractivity contribution in [2.24, 2.45) is 7.05 Å². The van der Waals surface area contributed by atoms with Crippen molar-refractivity contribution in [1.29, 1.82) is 0 Å². The number of thiophene rings is 2. The van der Waals surface area contributed by atoms with Crippen LogP contribution in [0.4, 0.5) is 0 Å². The van der Waals surface area contributed by atoms with E-state index in [1.807, 2.05) is 72.5 Å². The summed E-state index contributed by atoms with van der Waals surface area (Å²) in [6.07, 6.45) is 3.69. The number of hydrogen-bond donors (Lipinski definition) is 0. The molecule has 4 aromatic heterocycles. The Kier molecular flexibility index (Phi) is 5.20. The number of imidazole rings is 1. The number of ether oxygens (including phenoxy) is 1. The van der Waals surface area contributed by atoms with Crippen LogP contribution in [0.5, 0.6) is 5.75 Å². The largest absolute Gasteiger partial charge is 0.495 e. The fraction of sp³-hybridized carbons (Fsp3) is 0.148. The van der Waals surface area contributed by atoms with Gasteiger partial charge < -0.3 is 9.30 Å². The van der Waals surface area contributed by atoms with Crippen LogP contribution < -0.4 is 16.0 Å². The zero-order chi connectivity index (χ0) is 25.1. The second kappa shape index (κ2) is 8.32. The van der Waals surface area contributed by atoms with E-state index in [0.717, 1.165) is 37.5 Å². The third-order valence-electron chi connectivity index (χ3n) is 6.45. The molecule has 0 spiro atoms. The molecule has 180 valence electrons. The third-order valence-corrected chi connectivity index (χ3v) is 8.77. The average molecular weight is 515 g/mol. The summed E-state index contributed by atoms with van der Waals surface area (Å²) in [4.78, 5) is 33.0. The van der Waals surface area contributed by atoms with Gasteiger partial charge in [0.15, 0.2) is 0 Å². The Bertz CT molecular complexity index is 1920. The quantitative estimate of drug-likeness (QED) is 0.314. The summed E-state index contributed by atoms with van der Waals surface area (Å²) in [7, 11) is 3.35. The van der Waals surface area contributed by atoms with Crippen LogP contribution in [-0.2, 0) is 7.05 Å². The molecule has 0 radical (unpaired) electrons. The summed E-state index contributed by atoms with van der Waals surface area (Å²) in [5.41, 5.74) is 3.45. The van der Waals surface area contributed by atoms with Crippen LogP contribution in [0.3, 0.4) is 0 Å². The molecule has 0 bridgehead atoms. The lowest BCUT2D eigenvalue weighted by atomic mass is 10.1. The second-order valence-electron chi connectivity index (χ2n) is 8.67. The number of aromatic nitrogens is 4. The number of hydrogen-bond acceptors (Lipinski definition) is 6. The number of nitrogens with zero attached hydrogens (tertiary/aromatic N) is 4. The molecule has 0 saturated heterocycles. The minimum absolute atomic E-state index is 0.305. The van der Waals surface area contributed by atoms with E-state index in [2.05, 4.69) is 4.98 Å². The Labute approximate surface area is 214 Å². The molecule has 0 fully saturated rings. The van der Waals surface area contributed by atoms with Crippen LogP contribution in [0, 0.1) is 13.8 Å². The van der Waals surface area contributed by atoms with E-state index in [1.54, 1.807) is 36.4 Å². The van der Waals surface area contributed by atoms with Gasteiger partial charge in [0.05, 0.1) is 35.9 Å². The molecule has 0 aliphatic rings. The van der Waals surface area contributed by atoms with Crippen molar-refractivity contribution in [3.63, 3.8) is 0 Å². The molecule has 6 aromatic rings. The van der Waals surface area contributed by atoms with Gasteiger partial charge in [0.25, 0.3) is 5.56 Å². The Morgan fingerprint density at radius 2 is 1.86 bits per heavy atom. The molecule has 4 heterocycles. The fourth-order valence-corrected chi connectivity index (χ4v) is 6.62. The van der Waals surface area contributed by atoms with Crippen molar-refractivity contribution in [1.82, 2.24) is 18.7 Å². The maximum absolute atomic E-state index is 13.7. The van der Waals surface area contributed by atoms with Crippen LogP contribution >= 0.6 is 22.7 Å². The zero-order valence-electron chi connectivity index (χ0n) is 20.1. The molecule has 9 heteroatoms. The van der Waals surface area contributed by atoms with Crippen LogP contribution in [0.25, 0.3) is 42.1 Å². The van der Waals surface area contributed by atoms with E-state index in [4.69, 9.17) is 4.74 Å². The summed E-state index contributed by atoms with van der Waals surface area (Å²) < 4.78 is 11.6. The van der Waals surface area contributed by atoms with E-state index in [-0.39, 0.29) is 11.2 Å². The first-order valence-electron chi connectivity index (χ1n) is 11.3. The number of methoxy groups -OCH3 is 1. The van der Waals surface area contributed by atoms with Gasteiger partial charge in [0.1, 0.15) is 10.6 Å². The summed E-state index contributed by atoms with van der Waals surface area (Å²) in [6.45, 7) is 3.87. The van der Waals surface area contributed by atoms with Crippen LogP contribution in [-0.4, -0.2) is 25.8 Å². The molecule has 0 saturated carbocycles. The van der Waals surface area contributed by atoms with Crippen molar-refractivity contribution < 1.29 is 4.74 Å². The Balaban J connectivity index is 1.55. The van der Waals surface area contributed by atoms with E-state index in [0.29, 0.717) is 21.7 Å². The molecule has 36 heavy (non-hydrogen) atoms. The van der Waals surface area contributed by atoms with Gasteiger partial charge in [0, 0.05) is 22.8 Å². The predicted molar refractivity (Wildman–Crippen MR) is 147 cm³/mol. The minimum Gasteiger partial charge on any atom is -0.495 e. The SMILES string of the molecule is COc1cc(-c2sc3c(c2C)c(=O)n(-c2ccc4sccc4c2)c(=O)n3C)ccc1-n1cnc(C)c1. The van der Waals surface area contributed by atoms with Crippen LogP contribution in [0.15, 0.2) is 70.0 Å². The third kappa shape index (κ3) is 3.35. The lowest BCUT2D eigenvalue weighted by molar-refractivity contribution is 0.413. The highest BCUT2D eigenvalue weighted by molar-refractivity contribution is 7.22. The highest BCUT2D eigenvalue weighted by Gasteiger charge is 2.21. The smallest absolute Gasteiger partial charge is 0.336 e. The summed E-state index contributed by atoms with van der Waals surface area (Å²) in [5.74, 6) is 0.692. The summed E-state index contributed by atoms with van der Waals surface area (Å²) >= 11 is 3.07. The van der Waals surface area contributed by atoms with Gasteiger partial charge in [-0.1, -0.05) is 6.07 Å². The second-order valence-corrected chi connectivity index (χ2v) is 10.6. The molecule has 7 nitrogen and oxygen atoms in total. The van der Waals surface area contributed by atoms with E-state index in [9.17, 15) is 9.59 Å². The predicted octanol–water partition coefficient (Wildman–Crippen LogP) is 5.44. The first-order valence-corrected chi connectivity index (χ1v) is 13.0. The average Bonchev–Trinajstić information content (AvgIpc) is 3.60. The maximum Gasteiger partial charge on any atom is 0.336 e. The molecular weight excluding hydrogens is 492 g/mol. The van der Waals surface area contributed by atoms with Crippen molar-refractivity contribution in [3.8, 4) is 27.6 Å². The van der Waals surface area contributed by atoms with Crippen LogP contribution in [0.1, 0.15) is 11.3 Å². The van der Waals surface area contributed by atoms with Crippen molar-refractivity contribution in [2.45, 2.75) is 13.8 Å². The van der Waals surface area contributed by atoms with Gasteiger partial charge in [-0.05, 0) is 72.1 Å². The molecule has 0 aliphatic carbocycles. The molecule has 0 aliphatic heterocycles. The Morgan fingerprint density at radius 3 is 2.61 bits per heavy atom. The lowest BCUT2D eigenvalue weighted by Gasteiger charge is -2.11. The van der Waals surface area contributed by atoms with Crippen molar-refractivity contribution in [2.75, 3.05) is 7.11 Å². The van der Waals surface area contributed by atoms with E-state index in [1.165, 1.54) is 15.9 Å². The van der Waals surface area contributed by atoms with Gasteiger partial charge in [0.2, 0.25) is 0 Å². The molecule has 0 N–H and O–H groups in total. The lowest BCUT2D eigenvalue weighted by Crippen LogP contribution is -2.37. The Hall–Kier alpha value is -3.95. The summed E-state index contributed by atoms with van der Waals surface area (Å²) in [6, 6.07) is 13.6. The first-order chi connectivity index (χ1) is 17.4. The van der Waals surface area contributed by atoms with Crippen molar-refractivity contribution >= 4 is 43.0 Å². The van der Waals surface area contributed by atoms with E-state index < -0.39 is 0 Å². The van der Waals surface area contributed by atoms with Gasteiger partial charge >= 0.3 is 5.69 Å². The highest BCUT2D eigenvalue weighted by atomic mass is 32.1. The number of benzene rings is 2. The van der Waals surface area contributed by atoms with Crippen LogP contribution in [0.2, 0.25) is 0 Å². The minimum atomic E-state index is -0.363. The van der Waals surface area contributed by atoms with Gasteiger partial charge in [-0.3, -0.25) is 9.36 Å². The van der Waals surface area contributed by atoms with Gasteiger partial charge in [-0.25, -0.2) is 14.3 Å². The van der Waals surface area contributed by atoms with Gasteiger partial charge in [-0.15, -0.1) is 22.7 Å². The molecule has 0 amide bonds. The van der Waals surface area contributed by atoms with E-state index >= 15 is 0 Å². The molecule has 2 aromatic carbocycles. The maximum atomic E-state index is 13.7. The van der Waals surface area contributed by atoms with Crippen molar-refractivity contribution in [3.05, 3.63) is 92.5 Å². The highest BCUT2D eigenvalue weighted by Crippen LogP contribution is 2.39. The zero-order valence-corrected chi connectivity index (χ0v) is 21.7. The normalized spacial score (nSPS) is 11.6. The number of aryl methyl sites for hydroxylation is 3. The summed E-state index contributed by atoms with van der Waals surface area (Å²) in [5, 5.41) is 3.56.